The number of hydrogen-bond acceptors (Lipinski definition) is 4. The summed E-state index contributed by atoms with van der Waals surface area (Å²) in [6, 6.07) is 0. The maximum absolute atomic E-state index is 6.07. The van der Waals surface area contributed by atoms with Crippen LogP contribution in [0.5, 0.6) is 0 Å². The molecule has 3 rings (SSSR count). The average molecular weight is 221 g/mol. The molecule has 4 nitrogen and oxygen atoms in total. The van der Waals surface area contributed by atoms with E-state index < -0.39 is 0 Å². The third kappa shape index (κ3) is 1.76. The van der Waals surface area contributed by atoms with Crippen molar-refractivity contribution in [2.45, 2.75) is 37.1 Å². The first-order chi connectivity index (χ1) is 7.67. The monoisotopic (exact) mass is 221 g/mol. The molecule has 0 atom stereocenters. The van der Waals surface area contributed by atoms with Gasteiger partial charge in [-0.1, -0.05) is 0 Å². The molecule has 0 aromatic carbocycles. The maximum Gasteiger partial charge on any atom is 0.214 e. The molecule has 0 spiro atoms. The number of nitrogens with zero attached hydrogens (tertiary/aromatic N) is 2. The minimum absolute atomic E-state index is 0.232. The van der Waals surface area contributed by atoms with Gasteiger partial charge in [-0.25, -0.2) is 4.98 Å². The lowest BCUT2D eigenvalue weighted by Crippen LogP contribution is -2.29. The molecule has 2 N–H and O–H groups in total. The van der Waals surface area contributed by atoms with E-state index in [2.05, 4.69) is 16.9 Å². The Kier molecular flexibility index (Phi) is 2.30. The van der Waals surface area contributed by atoms with Crippen LogP contribution in [-0.2, 0) is 5.54 Å². The molecule has 0 amide bonds. The summed E-state index contributed by atoms with van der Waals surface area (Å²) in [6.45, 7) is 2.31. The molecule has 2 fully saturated rings. The minimum Gasteiger partial charge on any atom is -0.447 e. The second-order valence-electron chi connectivity index (χ2n) is 5.31. The van der Waals surface area contributed by atoms with Gasteiger partial charge in [0.25, 0.3) is 0 Å². The quantitative estimate of drug-likeness (QED) is 0.821. The van der Waals surface area contributed by atoms with E-state index in [9.17, 15) is 0 Å². The van der Waals surface area contributed by atoms with Crippen molar-refractivity contribution in [2.75, 3.05) is 20.1 Å². The summed E-state index contributed by atoms with van der Waals surface area (Å²) < 4.78 is 5.52. The molecule has 16 heavy (non-hydrogen) atoms. The van der Waals surface area contributed by atoms with Crippen LogP contribution in [0.2, 0.25) is 0 Å². The standard InChI is InChI=1S/C12H19N3O/c1-15-6-2-9(3-7-15)10-8-16-11(14-10)12(13)4-5-12/h8-9H,2-7,13H2,1H3. The second-order valence-corrected chi connectivity index (χ2v) is 5.31. The Labute approximate surface area is 95.8 Å². The molecule has 1 aromatic heterocycles. The summed E-state index contributed by atoms with van der Waals surface area (Å²) >= 11 is 0. The van der Waals surface area contributed by atoms with Crippen LogP contribution >= 0.6 is 0 Å². The Hall–Kier alpha value is -0.870. The Balaban J connectivity index is 1.72. The zero-order chi connectivity index (χ0) is 11.2. The molecule has 0 bridgehead atoms. The zero-order valence-corrected chi connectivity index (χ0v) is 9.78. The first-order valence-corrected chi connectivity index (χ1v) is 6.11. The molecule has 1 saturated carbocycles. The minimum atomic E-state index is -0.232. The van der Waals surface area contributed by atoms with Crippen molar-refractivity contribution in [1.29, 1.82) is 0 Å². The van der Waals surface area contributed by atoms with Crippen molar-refractivity contribution in [3.63, 3.8) is 0 Å². The van der Waals surface area contributed by atoms with Gasteiger partial charge in [-0.05, 0) is 45.8 Å². The lowest BCUT2D eigenvalue weighted by molar-refractivity contribution is 0.253. The number of oxazole rings is 1. The van der Waals surface area contributed by atoms with Crippen LogP contribution in [0.4, 0.5) is 0 Å². The van der Waals surface area contributed by atoms with Crippen LogP contribution in [-0.4, -0.2) is 30.0 Å². The van der Waals surface area contributed by atoms with E-state index in [-0.39, 0.29) is 5.54 Å². The molecular formula is C12H19N3O. The predicted molar refractivity (Wildman–Crippen MR) is 61.1 cm³/mol. The SMILES string of the molecule is CN1CCC(c2coc(C3(N)CC3)n2)CC1. The number of nitrogens with two attached hydrogens (primary N) is 1. The average Bonchev–Trinajstić information content (AvgIpc) is 2.84. The lowest BCUT2D eigenvalue weighted by Gasteiger charge is -2.27. The van der Waals surface area contributed by atoms with Gasteiger partial charge in [0.15, 0.2) is 0 Å². The van der Waals surface area contributed by atoms with Crippen molar-refractivity contribution in [1.82, 2.24) is 9.88 Å². The highest BCUT2D eigenvalue weighted by atomic mass is 16.3. The zero-order valence-electron chi connectivity index (χ0n) is 9.78. The fourth-order valence-corrected chi connectivity index (χ4v) is 2.36. The number of likely N-dealkylation sites (tertiary alicyclic amines) is 1. The molecule has 1 aliphatic carbocycles. The predicted octanol–water partition coefficient (Wildman–Crippen LogP) is 1.43. The summed E-state index contributed by atoms with van der Waals surface area (Å²) in [7, 11) is 2.17. The molecule has 1 saturated heterocycles. The van der Waals surface area contributed by atoms with Crippen LogP contribution in [0.1, 0.15) is 43.2 Å². The first-order valence-electron chi connectivity index (χ1n) is 6.11. The van der Waals surface area contributed by atoms with E-state index >= 15 is 0 Å². The van der Waals surface area contributed by atoms with E-state index in [1.54, 1.807) is 0 Å². The van der Waals surface area contributed by atoms with Gasteiger partial charge in [-0.2, -0.15) is 0 Å². The van der Waals surface area contributed by atoms with Crippen molar-refractivity contribution in [2.24, 2.45) is 5.73 Å². The van der Waals surface area contributed by atoms with Crippen LogP contribution in [0.3, 0.4) is 0 Å². The van der Waals surface area contributed by atoms with Crippen molar-refractivity contribution >= 4 is 0 Å². The van der Waals surface area contributed by atoms with Gasteiger partial charge in [0.2, 0.25) is 5.89 Å². The lowest BCUT2D eigenvalue weighted by atomic mass is 9.94. The van der Waals surface area contributed by atoms with E-state index in [1.165, 1.54) is 12.8 Å². The van der Waals surface area contributed by atoms with E-state index in [1.807, 2.05) is 6.26 Å². The first kappa shape index (κ1) is 10.3. The summed E-state index contributed by atoms with van der Waals surface area (Å²) in [6.07, 6.45) is 6.21. The fourth-order valence-electron chi connectivity index (χ4n) is 2.36. The summed E-state index contributed by atoms with van der Waals surface area (Å²) in [5, 5.41) is 0. The number of aromatic nitrogens is 1. The highest BCUT2D eigenvalue weighted by Gasteiger charge is 2.45. The normalized spacial score (nSPS) is 25.9. The Morgan fingerprint density at radius 2 is 2.12 bits per heavy atom. The molecule has 88 valence electrons. The van der Waals surface area contributed by atoms with Crippen LogP contribution in [0.25, 0.3) is 0 Å². The third-order valence-electron chi connectivity index (χ3n) is 3.87. The van der Waals surface area contributed by atoms with Gasteiger partial charge in [0, 0.05) is 5.92 Å². The highest BCUT2D eigenvalue weighted by Crippen LogP contribution is 2.42. The Morgan fingerprint density at radius 1 is 1.44 bits per heavy atom. The molecule has 0 radical (unpaired) electrons. The van der Waals surface area contributed by atoms with Gasteiger partial charge >= 0.3 is 0 Å². The van der Waals surface area contributed by atoms with E-state index in [4.69, 9.17) is 10.2 Å². The third-order valence-corrected chi connectivity index (χ3v) is 3.87. The molecule has 0 unspecified atom stereocenters. The van der Waals surface area contributed by atoms with Crippen LogP contribution in [0, 0.1) is 0 Å². The number of rotatable bonds is 2. The second kappa shape index (κ2) is 3.57. The highest BCUT2D eigenvalue weighted by molar-refractivity contribution is 5.16. The number of hydrogen-bond donors (Lipinski definition) is 1. The molecule has 1 aromatic rings. The largest absolute Gasteiger partial charge is 0.447 e. The van der Waals surface area contributed by atoms with Crippen LogP contribution in [0.15, 0.2) is 10.7 Å². The van der Waals surface area contributed by atoms with Crippen LogP contribution < -0.4 is 5.73 Å². The molecule has 2 aliphatic rings. The summed E-state index contributed by atoms with van der Waals surface area (Å²) in [5.41, 5.74) is 6.95. The molecular weight excluding hydrogens is 202 g/mol. The smallest absolute Gasteiger partial charge is 0.214 e. The molecule has 1 aliphatic heterocycles. The Bertz CT molecular complexity index is 375. The van der Waals surface area contributed by atoms with Gasteiger partial charge in [0.1, 0.15) is 6.26 Å². The fraction of sp³-hybridized carbons (Fsp3) is 0.750. The summed E-state index contributed by atoms with van der Waals surface area (Å²) in [4.78, 5) is 6.95. The van der Waals surface area contributed by atoms with Crippen molar-refractivity contribution in [3.05, 3.63) is 17.8 Å². The molecule has 2 heterocycles. The topological polar surface area (TPSA) is 55.3 Å². The Morgan fingerprint density at radius 3 is 2.75 bits per heavy atom. The van der Waals surface area contributed by atoms with Gasteiger partial charge in [-0.3, -0.25) is 0 Å². The van der Waals surface area contributed by atoms with E-state index in [0.717, 1.165) is 37.5 Å². The van der Waals surface area contributed by atoms with Gasteiger partial charge < -0.3 is 15.1 Å². The van der Waals surface area contributed by atoms with E-state index in [0.29, 0.717) is 5.92 Å². The summed E-state index contributed by atoms with van der Waals surface area (Å²) in [5.74, 6) is 1.32. The number of piperidine rings is 1. The maximum atomic E-state index is 6.07. The van der Waals surface area contributed by atoms with Gasteiger partial charge in [0.05, 0.1) is 11.2 Å². The van der Waals surface area contributed by atoms with Gasteiger partial charge in [-0.15, -0.1) is 0 Å². The van der Waals surface area contributed by atoms with Crippen molar-refractivity contribution in [3.8, 4) is 0 Å². The van der Waals surface area contributed by atoms with Crippen molar-refractivity contribution < 1.29 is 4.42 Å². The molecule has 4 heteroatoms.